The molecule has 0 radical (unpaired) electrons. The Labute approximate surface area is 160 Å². The molecule has 1 aliphatic rings. The lowest BCUT2D eigenvalue weighted by molar-refractivity contribution is -0.0260. The first-order chi connectivity index (χ1) is 12.9. The molecule has 2 aromatic heterocycles. The van der Waals surface area contributed by atoms with Crippen LogP contribution in [0.25, 0.3) is 0 Å². The van der Waals surface area contributed by atoms with Crippen molar-refractivity contribution >= 4 is 13.0 Å². The first kappa shape index (κ1) is 20.7. The van der Waals surface area contributed by atoms with Gasteiger partial charge in [-0.3, -0.25) is 18.9 Å². The molecule has 11 nitrogen and oxygen atoms in total. The zero-order chi connectivity index (χ0) is 20.9. The molecule has 0 aliphatic carbocycles. The van der Waals surface area contributed by atoms with Crippen molar-refractivity contribution in [2.24, 2.45) is 11.3 Å². The van der Waals surface area contributed by atoms with Gasteiger partial charge in [-0.2, -0.15) is 0 Å². The summed E-state index contributed by atoms with van der Waals surface area (Å²) in [7, 11) is -4.48. The maximum absolute atomic E-state index is 12.2. The lowest BCUT2D eigenvalue weighted by Crippen LogP contribution is -2.33. The van der Waals surface area contributed by atoms with Crippen LogP contribution < -0.4 is 16.7 Å². The van der Waals surface area contributed by atoms with Crippen LogP contribution >= 0.6 is 7.60 Å². The van der Waals surface area contributed by atoms with Crippen LogP contribution in [0.3, 0.4) is 0 Å². The van der Waals surface area contributed by atoms with Crippen molar-refractivity contribution in [3.05, 3.63) is 38.8 Å². The summed E-state index contributed by atoms with van der Waals surface area (Å²) in [5, 5.41) is 7.31. The van der Waals surface area contributed by atoms with Crippen molar-refractivity contribution in [1.29, 1.82) is 0 Å². The Morgan fingerprint density at radius 3 is 2.57 bits per heavy atom. The number of nitrogens with one attached hydrogen (secondary N) is 1. The van der Waals surface area contributed by atoms with Crippen LogP contribution in [-0.2, 0) is 15.8 Å². The molecule has 0 spiro atoms. The Hall–Kier alpha value is -2.07. The van der Waals surface area contributed by atoms with E-state index < -0.39 is 30.5 Å². The van der Waals surface area contributed by atoms with Crippen molar-refractivity contribution in [2.45, 2.75) is 53.0 Å². The fourth-order valence-corrected chi connectivity index (χ4v) is 3.92. The number of ether oxygens (including phenoxy) is 1. The standard InChI is InChI=1S/C16H24N5O6P/c1-9-6-21(15(23)17-14(9)22)13-5-10(16(2,3)4)11(27-13)7-20-8-12(18-19-20)28(24,25)26/h6,8,10-11,13H,5,7H2,1-4H3,(H,17,22,23)(H2,24,25,26)/t10?,11-,13-/m1/s1. The molecule has 28 heavy (non-hydrogen) atoms. The van der Waals surface area contributed by atoms with Crippen molar-refractivity contribution < 1.29 is 19.1 Å². The van der Waals surface area contributed by atoms with Crippen molar-refractivity contribution in [3.63, 3.8) is 0 Å². The highest BCUT2D eigenvalue weighted by molar-refractivity contribution is 7.59. The first-order valence-corrected chi connectivity index (χ1v) is 10.4. The van der Waals surface area contributed by atoms with Gasteiger partial charge in [0.05, 0.1) is 18.8 Å². The Bertz CT molecular complexity index is 1030. The summed E-state index contributed by atoms with van der Waals surface area (Å²) >= 11 is 0. The number of nitrogens with zero attached hydrogens (tertiary/aromatic N) is 4. The van der Waals surface area contributed by atoms with E-state index >= 15 is 0 Å². The fourth-order valence-electron chi connectivity index (χ4n) is 3.48. The van der Waals surface area contributed by atoms with Gasteiger partial charge in [0.25, 0.3) is 5.56 Å². The molecule has 3 atom stereocenters. The summed E-state index contributed by atoms with van der Waals surface area (Å²) in [4.78, 5) is 44.6. The van der Waals surface area contributed by atoms with E-state index in [1.54, 1.807) is 6.92 Å². The molecule has 0 amide bonds. The molecule has 3 N–H and O–H groups in total. The molecular formula is C16H24N5O6P. The molecule has 0 aromatic carbocycles. The van der Waals surface area contributed by atoms with E-state index in [-0.39, 0.29) is 24.0 Å². The van der Waals surface area contributed by atoms with Gasteiger partial charge in [0, 0.05) is 11.8 Å². The summed E-state index contributed by atoms with van der Waals surface area (Å²) in [6, 6.07) is 0. The topological polar surface area (TPSA) is 152 Å². The summed E-state index contributed by atoms with van der Waals surface area (Å²) in [5.74, 6) is 0.0272. The second-order valence-corrected chi connectivity index (χ2v) is 9.71. The smallest absolute Gasteiger partial charge is 0.352 e. The predicted molar refractivity (Wildman–Crippen MR) is 99.2 cm³/mol. The van der Waals surface area contributed by atoms with Gasteiger partial charge in [0.15, 0.2) is 5.44 Å². The molecule has 12 heteroatoms. The Morgan fingerprint density at radius 2 is 2.00 bits per heavy atom. The highest BCUT2D eigenvalue weighted by atomic mass is 31.2. The maximum Gasteiger partial charge on any atom is 0.377 e. The normalized spacial score (nSPS) is 23.3. The zero-order valence-electron chi connectivity index (χ0n) is 16.1. The van der Waals surface area contributed by atoms with Gasteiger partial charge in [0.2, 0.25) is 0 Å². The SMILES string of the molecule is Cc1cn([C@H]2CC(C(C)(C)C)[C@@H](Cn3cc(P(=O)(O)O)nn3)O2)c(=O)[nH]c1=O. The second kappa shape index (κ2) is 7.07. The fraction of sp³-hybridized carbons (Fsp3) is 0.625. The molecule has 1 aliphatic heterocycles. The molecule has 0 saturated carbocycles. The van der Waals surface area contributed by atoms with Crippen LogP contribution in [-0.4, -0.2) is 40.4 Å². The van der Waals surface area contributed by atoms with Gasteiger partial charge in [-0.1, -0.05) is 26.0 Å². The maximum atomic E-state index is 12.2. The Kier molecular flexibility index (Phi) is 5.22. The molecule has 3 rings (SSSR count). The van der Waals surface area contributed by atoms with E-state index in [2.05, 4.69) is 36.1 Å². The molecule has 154 valence electrons. The van der Waals surface area contributed by atoms with E-state index in [1.807, 2.05) is 0 Å². The van der Waals surface area contributed by atoms with Gasteiger partial charge >= 0.3 is 13.3 Å². The van der Waals surface area contributed by atoms with Crippen LogP contribution in [0.5, 0.6) is 0 Å². The second-order valence-electron chi connectivity index (χ2n) is 8.16. The Balaban J connectivity index is 1.89. The average molecular weight is 413 g/mol. The molecular weight excluding hydrogens is 389 g/mol. The van der Waals surface area contributed by atoms with E-state index in [0.717, 1.165) is 0 Å². The number of rotatable bonds is 4. The number of hydrogen-bond acceptors (Lipinski definition) is 6. The quantitative estimate of drug-likeness (QED) is 0.587. The minimum atomic E-state index is -4.48. The summed E-state index contributed by atoms with van der Waals surface area (Å²) in [6.07, 6.45) is 2.29. The molecule has 1 unspecified atom stereocenters. The lowest BCUT2D eigenvalue weighted by Gasteiger charge is -2.30. The Morgan fingerprint density at radius 1 is 1.32 bits per heavy atom. The lowest BCUT2D eigenvalue weighted by atomic mass is 9.76. The van der Waals surface area contributed by atoms with Crippen molar-refractivity contribution in [2.75, 3.05) is 0 Å². The molecule has 2 aromatic rings. The highest BCUT2D eigenvalue weighted by Crippen LogP contribution is 2.43. The first-order valence-electron chi connectivity index (χ1n) is 8.80. The number of aromatic amines is 1. The molecule has 3 heterocycles. The minimum Gasteiger partial charge on any atom is -0.352 e. The highest BCUT2D eigenvalue weighted by Gasteiger charge is 2.43. The van der Waals surface area contributed by atoms with E-state index in [1.165, 1.54) is 21.6 Å². The van der Waals surface area contributed by atoms with Crippen molar-refractivity contribution in [1.82, 2.24) is 24.5 Å². The van der Waals surface area contributed by atoms with E-state index in [0.29, 0.717) is 12.0 Å². The van der Waals surface area contributed by atoms with Crippen LogP contribution in [0.4, 0.5) is 0 Å². The molecule has 1 fully saturated rings. The van der Waals surface area contributed by atoms with Gasteiger partial charge in [-0.15, -0.1) is 5.10 Å². The summed E-state index contributed by atoms with van der Waals surface area (Å²) in [5.41, 5.74) is -1.13. The number of aryl methyl sites for hydroxylation is 1. The van der Waals surface area contributed by atoms with Crippen LogP contribution in [0, 0.1) is 18.3 Å². The summed E-state index contributed by atoms with van der Waals surface area (Å²) in [6.45, 7) is 8.00. The monoisotopic (exact) mass is 413 g/mol. The third kappa shape index (κ3) is 4.17. The summed E-state index contributed by atoms with van der Waals surface area (Å²) < 4.78 is 20.1. The van der Waals surface area contributed by atoms with Gasteiger partial charge in [-0.25, -0.2) is 9.48 Å². The number of hydrogen-bond donors (Lipinski definition) is 3. The average Bonchev–Trinajstić information content (AvgIpc) is 3.17. The minimum absolute atomic E-state index is 0.0272. The number of aromatic nitrogens is 5. The molecule has 1 saturated heterocycles. The van der Waals surface area contributed by atoms with Crippen LogP contribution in [0.15, 0.2) is 22.0 Å². The van der Waals surface area contributed by atoms with Crippen LogP contribution in [0.2, 0.25) is 0 Å². The van der Waals surface area contributed by atoms with Gasteiger partial charge < -0.3 is 14.5 Å². The van der Waals surface area contributed by atoms with E-state index in [4.69, 9.17) is 4.74 Å². The molecule has 0 bridgehead atoms. The van der Waals surface area contributed by atoms with Gasteiger partial charge in [-0.05, 0) is 24.7 Å². The zero-order valence-corrected chi connectivity index (χ0v) is 17.0. The number of H-pyrrole nitrogens is 1. The van der Waals surface area contributed by atoms with E-state index in [9.17, 15) is 23.9 Å². The predicted octanol–water partition coefficient (Wildman–Crippen LogP) is -0.110. The third-order valence-electron chi connectivity index (χ3n) is 5.00. The third-order valence-corrected chi connectivity index (χ3v) is 5.80. The largest absolute Gasteiger partial charge is 0.377 e. The van der Waals surface area contributed by atoms with Gasteiger partial charge in [0.1, 0.15) is 6.23 Å². The van der Waals surface area contributed by atoms with Crippen molar-refractivity contribution in [3.8, 4) is 0 Å². The van der Waals surface area contributed by atoms with Crippen LogP contribution in [0.1, 0.15) is 39.0 Å².